The van der Waals surface area contributed by atoms with Crippen molar-refractivity contribution in [2.45, 2.75) is 6.92 Å². The van der Waals surface area contributed by atoms with Gasteiger partial charge in [-0.25, -0.2) is 0 Å². The molecule has 0 fully saturated rings. The number of anilines is 1. The van der Waals surface area contributed by atoms with Crippen molar-refractivity contribution in [3.8, 4) is 11.3 Å². The number of nitrogen functional groups attached to an aromatic ring is 1. The lowest BCUT2D eigenvalue weighted by Gasteiger charge is -2.04. The van der Waals surface area contributed by atoms with Gasteiger partial charge < -0.3 is 10.2 Å². The normalized spacial score (nSPS) is 11.0. The quantitative estimate of drug-likeness (QED) is 0.645. The van der Waals surface area contributed by atoms with E-state index in [1.165, 1.54) is 0 Å². The van der Waals surface area contributed by atoms with Gasteiger partial charge >= 0.3 is 0 Å². The van der Waals surface area contributed by atoms with Crippen molar-refractivity contribution in [2.75, 3.05) is 5.73 Å². The Kier molecular flexibility index (Phi) is 2.53. The highest BCUT2D eigenvalue weighted by Gasteiger charge is 2.10. The molecular formula is C15H12ClNO. The van der Waals surface area contributed by atoms with E-state index in [0.717, 1.165) is 33.5 Å². The fraction of sp³-hybridized carbons (Fsp3) is 0.0667. The minimum Gasteiger partial charge on any atom is -0.456 e. The fourth-order valence-corrected chi connectivity index (χ4v) is 2.25. The van der Waals surface area contributed by atoms with E-state index in [9.17, 15) is 0 Å². The molecule has 1 heterocycles. The zero-order valence-electron chi connectivity index (χ0n) is 9.91. The van der Waals surface area contributed by atoms with Crippen LogP contribution in [0, 0.1) is 6.92 Å². The van der Waals surface area contributed by atoms with Crippen molar-refractivity contribution >= 4 is 28.3 Å². The molecule has 2 N–H and O–H groups in total. The van der Waals surface area contributed by atoms with Crippen LogP contribution in [0.4, 0.5) is 5.69 Å². The molecule has 0 saturated heterocycles. The van der Waals surface area contributed by atoms with Crippen LogP contribution in [0.3, 0.4) is 0 Å². The molecule has 2 aromatic carbocycles. The first-order valence-electron chi connectivity index (χ1n) is 5.70. The summed E-state index contributed by atoms with van der Waals surface area (Å²) in [7, 11) is 0. The Morgan fingerprint density at radius 2 is 1.94 bits per heavy atom. The Balaban J connectivity index is 2.22. The van der Waals surface area contributed by atoms with Crippen molar-refractivity contribution in [3.63, 3.8) is 0 Å². The fourth-order valence-electron chi connectivity index (χ4n) is 2.07. The first-order valence-corrected chi connectivity index (χ1v) is 6.07. The number of hydrogen-bond acceptors (Lipinski definition) is 2. The average Bonchev–Trinajstić information content (AvgIpc) is 2.75. The van der Waals surface area contributed by atoms with Crippen LogP contribution in [0.1, 0.15) is 5.56 Å². The van der Waals surface area contributed by atoms with Crippen LogP contribution in [-0.2, 0) is 0 Å². The van der Waals surface area contributed by atoms with Gasteiger partial charge in [-0.05, 0) is 42.8 Å². The van der Waals surface area contributed by atoms with E-state index in [0.29, 0.717) is 5.02 Å². The number of rotatable bonds is 1. The second-order valence-corrected chi connectivity index (χ2v) is 4.75. The molecule has 0 bridgehead atoms. The van der Waals surface area contributed by atoms with Gasteiger partial charge in [-0.3, -0.25) is 0 Å². The number of hydrogen-bond donors (Lipinski definition) is 1. The number of fused-ring (bicyclic) bond motifs is 1. The summed E-state index contributed by atoms with van der Waals surface area (Å²) < 4.78 is 5.83. The largest absolute Gasteiger partial charge is 0.456 e. The maximum absolute atomic E-state index is 5.97. The van der Waals surface area contributed by atoms with Crippen LogP contribution in [0.15, 0.2) is 46.9 Å². The summed E-state index contributed by atoms with van der Waals surface area (Å²) in [6.45, 7) is 1.99. The third kappa shape index (κ3) is 1.75. The zero-order chi connectivity index (χ0) is 12.7. The van der Waals surface area contributed by atoms with Gasteiger partial charge in [-0.1, -0.05) is 23.7 Å². The van der Waals surface area contributed by atoms with Gasteiger partial charge in [0.15, 0.2) is 0 Å². The molecule has 0 saturated carbocycles. The van der Waals surface area contributed by atoms with Crippen LogP contribution in [0.25, 0.3) is 22.3 Å². The number of halogens is 1. The lowest BCUT2D eigenvalue weighted by atomic mass is 10.0. The highest BCUT2D eigenvalue weighted by atomic mass is 35.5. The van der Waals surface area contributed by atoms with E-state index in [4.69, 9.17) is 21.8 Å². The average molecular weight is 258 g/mol. The molecule has 90 valence electrons. The summed E-state index contributed by atoms with van der Waals surface area (Å²) in [5.74, 6) is 0.817. The predicted octanol–water partition coefficient (Wildman–Crippen LogP) is 4.64. The maximum Gasteiger partial charge on any atom is 0.135 e. The molecule has 0 radical (unpaired) electrons. The Labute approximate surface area is 110 Å². The molecule has 3 rings (SSSR count). The summed E-state index contributed by atoms with van der Waals surface area (Å²) in [5.41, 5.74) is 9.56. The van der Waals surface area contributed by atoms with Crippen molar-refractivity contribution in [1.82, 2.24) is 0 Å². The van der Waals surface area contributed by atoms with Crippen LogP contribution >= 0.6 is 11.6 Å². The molecule has 0 aliphatic carbocycles. The molecule has 3 heteroatoms. The number of nitrogens with two attached hydrogens (primary N) is 1. The van der Waals surface area contributed by atoms with E-state index < -0.39 is 0 Å². The third-order valence-electron chi connectivity index (χ3n) is 3.12. The Hall–Kier alpha value is -1.93. The van der Waals surface area contributed by atoms with Gasteiger partial charge in [0, 0.05) is 21.7 Å². The molecular weight excluding hydrogens is 246 g/mol. The van der Waals surface area contributed by atoms with E-state index in [1.54, 1.807) is 0 Å². The molecule has 2 nitrogen and oxygen atoms in total. The van der Waals surface area contributed by atoms with Gasteiger partial charge in [0.1, 0.15) is 11.3 Å². The summed E-state index contributed by atoms with van der Waals surface area (Å²) in [6, 6.07) is 13.4. The molecule has 0 aliphatic heterocycles. The molecule has 0 atom stereocenters. The molecule has 18 heavy (non-hydrogen) atoms. The topological polar surface area (TPSA) is 39.2 Å². The van der Waals surface area contributed by atoms with Crippen LogP contribution in [0.5, 0.6) is 0 Å². The van der Waals surface area contributed by atoms with Gasteiger partial charge in [-0.15, -0.1) is 0 Å². The third-order valence-corrected chi connectivity index (χ3v) is 3.35. The van der Waals surface area contributed by atoms with Crippen molar-refractivity contribution in [3.05, 3.63) is 53.1 Å². The lowest BCUT2D eigenvalue weighted by molar-refractivity contribution is 0.631. The van der Waals surface area contributed by atoms with Gasteiger partial charge in [0.2, 0.25) is 0 Å². The second kappa shape index (κ2) is 4.07. The smallest absolute Gasteiger partial charge is 0.135 e. The summed E-state index contributed by atoms with van der Waals surface area (Å²) in [5, 5.41) is 1.71. The van der Waals surface area contributed by atoms with Crippen LogP contribution in [0.2, 0.25) is 5.02 Å². The maximum atomic E-state index is 5.97. The Bertz CT molecular complexity index is 730. The second-order valence-electron chi connectivity index (χ2n) is 4.31. The summed E-state index contributed by atoms with van der Waals surface area (Å²) >= 11 is 5.97. The van der Waals surface area contributed by atoms with E-state index in [1.807, 2.05) is 49.4 Å². The highest BCUT2D eigenvalue weighted by molar-refractivity contribution is 6.31. The monoisotopic (exact) mass is 257 g/mol. The van der Waals surface area contributed by atoms with E-state index >= 15 is 0 Å². The van der Waals surface area contributed by atoms with Crippen molar-refractivity contribution in [2.24, 2.45) is 0 Å². The SMILES string of the molecule is Cc1c(N)cccc1-c1cc2cc(Cl)ccc2o1. The van der Waals surface area contributed by atoms with Gasteiger partial charge in [0.05, 0.1) is 0 Å². The Morgan fingerprint density at radius 1 is 1.11 bits per heavy atom. The first kappa shape index (κ1) is 11.2. The van der Waals surface area contributed by atoms with Crippen LogP contribution < -0.4 is 5.73 Å². The molecule has 0 unspecified atom stereocenters. The standard InChI is InChI=1S/C15H12ClNO/c1-9-12(3-2-4-13(9)17)15-8-10-7-11(16)5-6-14(10)18-15/h2-8H,17H2,1H3. The zero-order valence-corrected chi connectivity index (χ0v) is 10.7. The van der Waals surface area contributed by atoms with Crippen LogP contribution in [-0.4, -0.2) is 0 Å². The molecule has 0 aliphatic rings. The van der Waals surface area contributed by atoms with Crippen molar-refractivity contribution in [1.29, 1.82) is 0 Å². The minimum absolute atomic E-state index is 0.708. The number of benzene rings is 2. The highest BCUT2D eigenvalue weighted by Crippen LogP contribution is 2.32. The first-order chi connectivity index (χ1) is 8.65. The van der Waals surface area contributed by atoms with Gasteiger partial charge in [0.25, 0.3) is 0 Å². The number of furan rings is 1. The minimum atomic E-state index is 0.708. The molecule has 3 aromatic rings. The molecule has 1 aromatic heterocycles. The summed E-state index contributed by atoms with van der Waals surface area (Å²) in [6.07, 6.45) is 0. The Morgan fingerprint density at radius 3 is 2.78 bits per heavy atom. The van der Waals surface area contributed by atoms with E-state index in [2.05, 4.69) is 0 Å². The summed E-state index contributed by atoms with van der Waals surface area (Å²) in [4.78, 5) is 0. The van der Waals surface area contributed by atoms with Gasteiger partial charge in [-0.2, -0.15) is 0 Å². The molecule has 0 spiro atoms. The van der Waals surface area contributed by atoms with Crippen molar-refractivity contribution < 1.29 is 4.42 Å². The molecule has 0 amide bonds. The predicted molar refractivity (Wildman–Crippen MR) is 75.8 cm³/mol. The van der Waals surface area contributed by atoms with E-state index in [-0.39, 0.29) is 0 Å². The lowest BCUT2D eigenvalue weighted by Crippen LogP contribution is -1.90.